The van der Waals surface area contributed by atoms with Crippen LogP contribution in [0.3, 0.4) is 0 Å². The normalized spacial score (nSPS) is 10.4. The van der Waals surface area contributed by atoms with Gasteiger partial charge in [-0.05, 0) is 23.9 Å². The van der Waals surface area contributed by atoms with E-state index in [-0.39, 0.29) is 0 Å². The Morgan fingerprint density at radius 1 is 1.29 bits per heavy atom. The highest BCUT2D eigenvalue weighted by atomic mass is 35.5. The Morgan fingerprint density at radius 2 is 2.14 bits per heavy atom. The van der Waals surface area contributed by atoms with Crippen LogP contribution in [0.5, 0.6) is 0 Å². The molecule has 0 amide bonds. The molecule has 0 bridgehead atoms. The standard InChI is InChI=1S/C7H6ClN5S/c1-13-4-9-12-7(13)14-6-3-2-5(8)10-11-6/h2-4H,1H3. The highest BCUT2D eigenvalue weighted by Gasteiger charge is 2.04. The van der Waals surface area contributed by atoms with Crippen molar-refractivity contribution in [3.05, 3.63) is 23.6 Å². The van der Waals surface area contributed by atoms with E-state index >= 15 is 0 Å². The van der Waals surface area contributed by atoms with E-state index in [2.05, 4.69) is 20.4 Å². The maximum Gasteiger partial charge on any atom is 0.197 e. The molecule has 0 aromatic carbocycles. The minimum atomic E-state index is 0.382. The summed E-state index contributed by atoms with van der Waals surface area (Å²) in [6, 6.07) is 3.47. The van der Waals surface area contributed by atoms with Gasteiger partial charge in [-0.1, -0.05) is 11.6 Å². The summed E-state index contributed by atoms with van der Waals surface area (Å²) in [6.07, 6.45) is 1.63. The lowest BCUT2D eigenvalue weighted by molar-refractivity contribution is 0.785. The van der Waals surface area contributed by atoms with Gasteiger partial charge in [0.1, 0.15) is 11.4 Å². The summed E-state index contributed by atoms with van der Waals surface area (Å²) in [5.74, 6) is 0. The van der Waals surface area contributed by atoms with Crippen molar-refractivity contribution in [2.45, 2.75) is 10.2 Å². The first-order valence-electron chi connectivity index (χ1n) is 3.77. The van der Waals surface area contributed by atoms with Gasteiger partial charge in [-0.3, -0.25) is 0 Å². The van der Waals surface area contributed by atoms with E-state index in [1.807, 2.05) is 7.05 Å². The number of aryl methyl sites for hydroxylation is 1. The van der Waals surface area contributed by atoms with Crippen molar-refractivity contribution in [2.24, 2.45) is 7.05 Å². The van der Waals surface area contributed by atoms with Crippen LogP contribution in [0.15, 0.2) is 28.6 Å². The lowest BCUT2D eigenvalue weighted by Crippen LogP contribution is -1.90. The van der Waals surface area contributed by atoms with Gasteiger partial charge in [0.15, 0.2) is 10.3 Å². The van der Waals surface area contributed by atoms with E-state index in [0.29, 0.717) is 5.15 Å². The van der Waals surface area contributed by atoms with E-state index in [1.54, 1.807) is 23.0 Å². The average molecular weight is 228 g/mol. The summed E-state index contributed by atoms with van der Waals surface area (Å²) in [4.78, 5) is 0. The third-order valence-corrected chi connectivity index (χ3v) is 2.65. The maximum atomic E-state index is 5.61. The fraction of sp³-hybridized carbons (Fsp3) is 0.143. The van der Waals surface area contributed by atoms with Gasteiger partial charge < -0.3 is 4.57 Å². The molecular weight excluding hydrogens is 222 g/mol. The summed E-state index contributed by atoms with van der Waals surface area (Å²) >= 11 is 7.00. The Bertz CT molecular complexity index is 426. The predicted octanol–water partition coefficient (Wildman–Crippen LogP) is 1.41. The molecule has 2 rings (SSSR count). The Balaban J connectivity index is 2.19. The molecule has 2 aromatic heterocycles. The molecule has 5 nitrogen and oxygen atoms in total. The zero-order valence-electron chi connectivity index (χ0n) is 7.25. The molecule has 0 aliphatic rings. The fourth-order valence-corrected chi connectivity index (χ4v) is 1.60. The highest BCUT2D eigenvalue weighted by Crippen LogP contribution is 2.22. The van der Waals surface area contributed by atoms with Gasteiger partial charge in [0.25, 0.3) is 0 Å². The van der Waals surface area contributed by atoms with Crippen LogP contribution in [0, 0.1) is 0 Å². The predicted molar refractivity (Wildman–Crippen MR) is 52.2 cm³/mol. The third-order valence-electron chi connectivity index (χ3n) is 1.47. The van der Waals surface area contributed by atoms with Gasteiger partial charge in [0.05, 0.1) is 0 Å². The lowest BCUT2D eigenvalue weighted by atomic mass is 10.6. The Labute approximate surface area is 89.5 Å². The van der Waals surface area contributed by atoms with Gasteiger partial charge >= 0.3 is 0 Å². The fourth-order valence-electron chi connectivity index (χ4n) is 0.817. The van der Waals surface area contributed by atoms with Crippen molar-refractivity contribution < 1.29 is 0 Å². The van der Waals surface area contributed by atoms with E-state index < -0.39 is 0 Å². The summed E-state index contributed by atoms with van der Waals surface area (Å²) in [5, 5.41) is 17.2. The van der Waals surface area contributed by atoms with Crippen LogP contribution in [0.25, 0.3) is 0 Å². The van der Waals surface area contributed by atoms with Crippen molar-refractivity contribution in [1.29, 1.82) is 0 Å². The Morgan fingerprint density at radius 3 is 2.71 bits per heavy atom. The second kappa shape index (κ2) is 3.93. The molecule has 2 aromatic rings. The highest BCUT2D eigenvalue weighted by molar-refractivity contribution is 7.99. The van der Waals surface area contributed by atoms with E-state index in [0.717, 1.165) is 10.2 Å². The van der Waals surface area contributed by atoms with Gasteiger partial charge in [-0.25, -0.2) is 0 Å². The summed E-state index contributed by atoms with van der Waals surface area (Å²) in [7, 11) is 1.87. The second-order valence-corrected chi connectivity index (χ2v) is 3.90. The molecule has 0 radical (unpaired) electrons. The molecule has 72 valence electrons. The van der Waals surface area contributed by atoms with E-state index in [4.69, 9.17) is 11.6 Å². The number of rotatable bonds is 2. The molecule has 2 heterocycles. The largest absolute Gasteiger partial charge is 0.311 e. The molecular formula is C7H6ClN5S. The molecule has 0 fully saturated rings. The number of hydrogen-bond donors (Lipinski definition) is 0. The number of halogens is 1. The van der Waals surface area contributed by atoms with Crippen LogP contribution in [0.1, 0.15) is 0 Å². The van der Waals surface area contributed by atoms with Crippen molar-refractivity contribution in [3.8, 4) is 0 Å². The quantitative estimate of drug-likeness (QED) is 0.777. The smallest absolute Gasteiger partial charge is 0.197 e. The number of hydrogen-bond acceptors (Lipinski definition) is 5. The monoisotopic (exact) mass is 227 g/mol. The van der Waals surface area contributed by atoms with Crippen molar-refractivity contribution >= 4 is 23.4 Å². The molecule has 0 saturated carbocycles. The number of nitrogens with zero attached hydrogens (tertiary/aromatic N) is 5. The zero-order valence-corrected chi connectivity index (χ0v) is 8.83. The van der Waals surface area contributed by atoms with Crippen LogP contribution in [-0.4, -0.2) is 25.0 Å². The van der Waals surface area contributed by atoms with Crippen LogP contribution < -0.4 is 0 Å². The Hall–Kier alpha value is -1.14. The molecule has 0 aliphatic carbocycles. The van der Waals surface area contributed by atoms with Crippen molar-refractivity contribution in [1.82, 2.24) is 25.0 Å². The lowest BCUT2D eigenvalue weighted by Gasteiger charge is -1.97. The van der Waals surface area contributed by atoms with Crippen molar-refractivity contribution in [3.63, 3.8) is 0 Å². The van der Waals surface area contributed by atoms with Gasteiger partial charge in [-0.15, -0.1) is 20.4 Å². The van der Waals surface area contributed by atoms with Crippen molar-refractivity contribution in [2.75, 3.05) is 0 Å². The maximum absolute atomic E-state index is 5.61. The molecule has 0 N–H and O–H groups in total. The minimum absolute atomic E-state index is 0.382. The van der Waals surface area contributed by atoms with Crippen LogP contribution in [0.2, 0.25) is 5.15 Å². The zero-order chi connectivity index (χ0) is 9.97. The topological polar surface area (TPSA) is 56.5 Å². The first-order chi connectivity index (χ1) is 6.75. The summed E-state index contributed by atoms with van der Waals surface area (Å²) < 4.78 is 1.81. The SMILES string of the molecule is Cn1cnnc1Sc1ccc(Cl)nn1. The van der Waals surface area contributed by atoms with Crippen LogP contribution in [-0.2, 0) is 7.05 Å². The summed E-state index contributed by atoms with van der Waals surface area (Å²) in [5.41, 5.74) is 0. The molecule has 0 aliphatic heterocycles. The van der Waals surface area contributed by atoms with E-state index in [9.17, 15) is 0 Å². The minimum Gasteiger partial charge on any atom is -0.311 e. The van der Waals surface area contributed by atoms with Crippen LogP contribution in [0.4, 0.5) is 0 Å². The molecule has 0 unspecified atom stereocenters. The molecule has 0 saturated heterocycles. The van der Waals surface area contributed by atoms with Gasteiger partial charge in [0, 0.05) is 7.05 Å². The average Bonchev–Trinajstić information content (AvgIpc) is 2.56. The molecule has 7 heteroatoms. The van der Waals surface area contributed by atoms with Gasteiger partial charge in [0.2, 0.25) is 0 Å². The molecule has 14 heavy (non-hydrogen) atoms. The first kappa shape index (κ1) is 9.42. The second-order valence-electron chi connectivity index (χ2n) is 2.52. The Kier molecular flexibility index (Phi) is 2.64. The van der Waals surface area contributed by atoms with E-state index in [1.165, 1.54) is 11.8 Å². The van der Waals surface area contributed by atoms with Gasteiger partial charge in [-0.2, -0.15) is 0 Å². The summed E-state index contributed by atoms with van der Waals surface area (Å²) in [6.45, 7) is 0. The van der Waals surface area contributed by atoms with Crippen LogP contribution >= 0.6 is 23.4 Å². The molecule has 0 atom stereocenters. The number of aromatic nitrogens is 5. The first-order valence-corrected chi connectivity index (χ1v) is 4.96. The third kappa shape index (κ3) is 2.02. The molecule has 0 spiro atoms.